The molecule has 0 saturated heterocycles. The Bertz CT molecular complexity index is 507. The largest absolute Gasteiger partial charge is 0.481 e. The van der Waals surface area contributed by atoms with Gasteiger partial charge in [0.1, 0.15) is 0 Å². The number of amides is 1. The van der Waals surface area contributed by atoms with E-state index >= 15 is 0 Å². The molecule has 1 unspecified atom stereocenters. The van der Waals surface area contributed by atoms with E-state index < -0.39 is 11.9 Å². The van der Waals surface area contributed by atoms with E-state index in [1.54, 1.807) is 5.38 Å². The number of carbonyl (C=O) groups excluding carboxylic acids is 2. The van der Waals surface area contributed by atoms with E-state index in [0.29, 0.717) is 16.9 Å². The highest BCUT2D eigenvalue weighted by Gasteiger charge is 2.20. The van der Waals surface area contributed by atoms with E-state index in [2.05, 4.69) is 5.32 Å². The van der Waals surface area contributed by atoms with Crippen LogP contribution >= 0.6 is 11.3 Å². The minimum absolute atomic E-state index is 0.0940. The van der Waals surface area contributed by atoms with Gasteiger partial charge in [0, 0.05) is 17.5 Å². The molecule has 1 aromatic heterocycles. The second kappa shape index (κ2) is 7.19. The maximum Gasteiger partial charge on any atom is 0.308 e. The Hall–Kier alpha value is -1.69. The highest BCUT2D eigenvalue weighted by atomic mass is 32.1. The number of carbonyl (C=O) groups is 3. The van der Waals surface area contributed by atoms with E-state index in [9.17, 15) is 14.4 Å². The third-order valence-corrected chi connectivity index (χ3v) is 3.77. The molecule has 1 heterocycles. The van der Waals surface area contributed by atoms with Gasteiger partial charge in [0.05, 0.1) is 10.8 Å². The van der Waals surface area contributed by atoms with E-state index in [-0.39, 0.29) is 24.2 Å². The van der Waals surface area contributed by atoms with Crippen LogP contribution in [-0.2, 0) is 4.79 Å². The molecule has 20 heavy (non-hydrogen) atoms. The third kappa shape index (κ3) is 4.77. The molecule has 1 amide bonds. The number of thiophene rings is 1. The predicted molar refractivity (Wildman–Crippen MR) is 77.2 cm³/mol. The smallest absolute Gasteiger partial charge is 0.308 e. The summed E-state index contributed by atoms with van der Waals surface area (Å²) < 4.78 is 0. The molecule has 0 fully saturated rings. The summed E-state index contributed by atoms with van der Waals surface area (Å²) >= 11 is 1.18. The summed E-state index contributed by atoms with van der Waals surface area (Å²) in [4.78, 5) is 34.5. The maximum atomic E-state index is 11.9. The van der Waals surface area contributed by atoms with Crippen LogP contribution in [0.3, 0.4) is 0 Å². The molecule has 1 atom stereocenters. The molecular formula is C14H19NO4S. The molecule has 0 spiro atoms. The van der Waals surface area contributed by atoms with Crippen LogP contribution in [0.1, 0.15) is 47.2 Å². The van der Waals surface area contributed by atoms with Crippen molar-refractivity contribution in [3.8, 4) is 0 Å². The fourth-order valence-corrected chi connectivity index (χ4v) is 2.65. The molecule has 5 nitrogen and oxygen atoms in total. The summed E-state index contributed by atoms with van der Waals surface area (Å²) in [6.45, 7) is 5.42. The molecule has 2 N–H and O–H groups in total. The minimum atomic E-state index is -0.908. The average Bonchev–Trinajstić information content (AvgIpc) is 2.82. The molecule has 0 radical (unpaired) electrons. The van der Waals surface area contributed by atoms with Crippen LogP contribution in [0.4, 0.5) is 0 Å². The molecular weight excluding hydrogens is 278 g/mol. The van der Waals surface area contributed by atoms with Crippen LogP contribution in [0, 0.1) is 11.8 Å². The highest BCUT2D eigenvalue weighted by Crippen LogP contribution is 2.16. The SMILES string of the molecule is CC(=O)c1csc(C(=O)NCC(CC(C)C)C(=O)O)c1. The Morgan fingerprint density at radius 3 is 2.45 bits per heavy atom. The minimum Gasteiger partial charge on any atom is -0.481 e. The van der Waals surface area contributed by atoms with Crippen molar-refractivity contribution in [2.45, 2.75) is 27.2 Å². The third-order valence-electron chi connectivity index (χ3n) is 2.84. The predicted octanol–water partition coefficient (Wildman–Crippen LogP) is 2.43. The molecule has 0 saturated carbocycles. The van der Waals surface area contributed by atoms with Crippen LogP contribution < -0.4 is 5.32 Å². The number of Topliss-reactive ketones (excluding diaryl/α,β-unsaturated/α-hetero) is 1. The topological polar surface area (TPSA) is 83.5 Å². The molecule has 0 aliphatic heterocycles. The normalized spacial score (nSPS) is 12.2. The summed E-state index contributed by atoms with van der Waals surface area (Å²) in [5.41, 5.74) is 0.497. The van der Waals surface area contributed by atoms with E-state index in [1.165, 1.54) is 24.3 Å². The average molecular weight is 297 g/mol. The molecule has 0 aliphatic rings. The summed E-state index contributed by atoms with van der Waals surface area (Å²) in [5, 5.41) is 13.3. The lowest BCUT2D eigenvalue weighted by atomic mass is 9.97. The summed E-state index contributed by atoms with van der Waals surface area (Å²) in [5.74, 6) is -1.68. The van der Waals surface area contributed by atoms with Gasteiger partial charge in [-0.25, -0.2) is 0 Å². The second-order valence-electron chi connectivity index (χ2n) is 5.13. The summed E-state index contributed by atoms with van der Waals surface area (Å²) in [6.07, 6.45) is 0.513. The van der Waals surface area contributed by atoms with Crippen LogP contribution in [0.15, 0.2) is 11.4 Å². The quantitative estimate of drug-likeness (QED) is 0.757. The van der Waals surface area contributed by atoms with Crippen molar-refractivity contribution in [3.63, 3.8) is 0 Å². The van der Waals surface area contributed by atoms with E-state index in [4.69, 9.17) is 5.11 Å². The monoisotopic (exact) mass is 297 g/mol. The van der Waals surface area contributed by atoms with Crippen molar-refractivity contribution in [1.29, 1.82) is 0 Å². The Balaban J connectivity index is 2.60. The standard InChI is InChI=1S/C14H19NO4S/c1-8(2)4-10(14(18)19)6-15-13(17)12-5-11(7-20-12)9(3)16/h5,7-8,10H,4,6H2,1-3H3,(H,15,17)(H,18,19). The fraction of sp³-hybridized carbons (Fsp3) is 0.500. The van der Waals surface area contributed by atoms with Crippen LogP contribution in [0.2, 0.25) is 0 Å². The van der Waals surface area contributed by atoms with Crippen molar-refractivity contribution < 1.29 is 19.5 Å². The fourth-order valence-electron chi connectivity index (χ4n) is 1.78. The zero-order valence-electron chi connectivity index (χ0n) is 11.8. The van der Waals surface area contributed by atoms with Gasteiger partial charge in [-0.3, -0.25) is 14.4 Å². The Morgan fingerprint density at radius 2 is 2.00 bits per heavy atom. The molecule has 6 heteroatoms. The highest BCUT2D eigenvalue weighted by molar-refractivity contribution is 7.12. The van der Waals surface area contributed by atoms with Gasteiger partial charge in [0.25, 0.3) is 5.91 Å². The molecule has 110 valence electrons. The first-order valence-corrected chi connectivity index (χ1v) is 7.29. The lowest BCUT2D eigenvalue weighted by Crippen LogP contribution is -2.33. The number of hydrogen-bond donors (Lipinski definition) is 2. The van der Waals surface area contributed by atoms with Crippen LogP contribution in [-0.4, -0.2) is 29.3 Å². The van der Waals surface area contributed by atoms with Gasteiger partial charge in [-0.1, -0.05) is 13.8 Å². The number of carboxylic acid groups (broad SMARTS) is 1. The van der Waals surface area contributed by atoms with Crippen LogP contribution in [0.5, 0.6) is 0 Å². The Morgan fingerprint density at radius 1 is 1.35 bits per heavy atom. The molecule has 1 aromatic rings. The number of rotatable bonds is 7. The first kappa shape index (κ1) is 16.4. The Labute approximate surface area is 122 Å². The number of carboxylic acids is 1. The van der Waals surface area contributed by atoms with Gasteiger partial charge in [-0.2, -0.15) is 0 Å². The number of aliphatic carboxylic acids is 1. The van der Waals surface area contributed by atoms with E-state index in [1.807, 2.05) is 13.8 Å². The van der Waals surface area contributed by atoms with Crippen molar-refractivity contribution in [3.05, 3.63) is 21.9 Å². The summed E-state index contributed by atoms with van der Waals surface area (Å²) in [7, 11) is 0. The van der Waals surface area contributed by atoms with Crippen molar-refractivity contribution in [2.75, 3.05) is 6.54 Å². The zero-order chi connectivity index (χ0) is 15.3. The van der Waals surface area contributed by atoms with Gasteiger partial charge >= 0.3 is 5.97 Å². The first-order chi connectivity index (χ1) is 9.31. The van der Waals surface area contributed by atoms with Gasteiger partial charge in [-0.15, -0.1) is 11.3 Å². The van der Waals surface area contributed by atoms with Gasteiger partial charge in [-0.05, 0) is 25.3 Å². The molecule has 0 bridgehead atoms. The van der Waals surface area contributed by atoms with Crippen molar-refractivity contribution in [2.24, 2.45) is 11.8 Å². The van der Waals surface area contributed by atoms with Gasteiger partial charge in [0.2, 0.25) is 0 Å². The van der Waals surface area contributed by atoms with Gasteiger partial charge in [0.15, 0.2) is 5.78 Å². The van der Waals surface area contributed by atoms with Gasteiger partial charge < -0.3 is 10.4 Å². The van der Waals surface area contributed by atoms with Crippen LogP contribution in [0.25, 0.3) is 0 Å². The number of ketones is 1. The van der Waals surface area contributed by atoms with Crippen molar-refractivity contribution in [1.82, 2.24) is 5.32 Å². The lowest BCUT2D eigenvalue weighted by molar-refractivity contribution is -0.142. The Kier molecular flexibility index (Phi) is 5.88. The zero-order valence-corrected chi connectivity index (χ0v) is 12.6. The first-order valence-electron chi connectivity index (χ1n) is 6.41. The molecule has 1 rings (SSSR count). The second-order valence-corrected chi connectivity index (χ2v) is 6.04. The maximum absolute atomic E-state index is 11.9. The lowest BCUT2D eigenvalue weighted by Gasteiger charge is -2.14. The number of nitrogens with one attached hydrogen (secondary N) is 1. The molecule has 0 aliphatic carbocycles. The van der Waals surface area contributed by atoms with E-state index in [0.717, 1.165) is 0 Å². The number of hydrogen-bond acceptors (Lipinski definition) is 4. The molecule has 0 aromatic carbocycles. The summed E-state index contributed by atoms with van der Waals surface area (Å²) in [6, 6.07) is 1.53. The van der Waals surface area contributed by atoms with Crippen molar-refractivity contribution >= 4 is 29.0 Å².